The van der Waals surface area contributed by atoms with Gasteiger partial charge in [0.2, 0.25) is 0 Å². The zero-order valence-corrected chi connectivity index (χ0v) is 10.8. The second kappa shape index (κ2) is 6.71. The summed E-state index contributed by atoms with van der Waals surface area (Å²) in [6.07, 6.45) is 6.99. The fourth-order valence-corrected chi connectivity index (χ4v) is 2.24. The molecule has 2 atom stereocenters. The Morgan fingerprint density at radius 3 is 3.11 bits per heavy atom. The van der Waals surface area contributed by atoms with Crippen molar-refractivity contribution in [1.82, 2.24) is 4.98 Å². The van der Waals surface area contributed by atoms with E-state index >= 15 is 0 Å². The first-order chi connectivity index (χ1) is 8.79. The topological polar surface area (TPSA) is 51.6 Å². The third kappa shape index (κ3) is 3.68. The molecule has 0 aliphatic carbocycles. The molecule has 0 bridgehead atoms. The van der Waals surface area contributed by atoms with Gasteiger partial charge in [-0.15, -0.1) is 0 Å². The summed E-state index contributed by atoms with van der Waals surface area (Å²) in [5.41, 5.74) is 0.801. The maximum absolute atomic E-state index is 10.2. The van der Waals surface area contributed by atoms with E-state index in [4.69, 9.17) is 9.47 Å². The predicted molar refractivity (Wildman–Crippen MR) is 68.6 cm³/mol. The molecule has 1 aliphatic rings. The Bertz CT molecular complexity index is 364. The molecule has 2 rings (SSSR count). The van der Waals surface area contributed by atoms with Gasteiger partial charge in [-0.1, -0.05) is 0 Å². The molecule has 1 saturated heterocycles. The first-order valence-corrected chi connectivity index (χ1v) is 6.67. The minimum atomic E-state index is -0.527. The van der Waals surface area contributed by atoms with Crippen LogP contribution >= 0.6 is 0 Å². The van der Waals surface area contributed by atoms with Crippen molar-refractivity contribution in [1.29, 1.82) is 0 Å². The maximum Gasteiger partial charge on any atom is 0.137 e. The van der Waals surface area contributed by atoms with Crippen LogP contribution in [0.5, 0.6) is 5.75 Å². The van der Waals surface area contributed by atoms with Crippen molar-refractivity contribution in [2.75, 3.05) is 13.2 Å². The van der Waals surface area contributed by atoms with Crippen LogP contribution < -0.4 is 4.74 Å². The van der Waals surface area contributed by atoms with E-state index in [1.807, 2.05) is 13.0 Å². The fourth-order valence-electron chi connectivity index (χ4n) is 2.24. The number of aromatic nitrogens is 1. The van der Waals surface area contributed by atoms with Gasteiger partial charge in [-0.2, -0.15) is 0 Å². The number of rotatable bonds is 5. The first-order valence-electron chi connectivity index (χ1n) is 6.67. The molecule has 4 heteroatoms. The summed E-state index contributed by atoms with van der Waals surface area (Å²) >= 11 is 0. The smallest absolute Gasteiger partial charge is 0.137 e. The monoisotopic (exact) mass is 251 g/mol. The quantitative estimate of drug-likeness (QED) is 0.873. The van der Waals surface area contributed by atoms with Crippen molar-refractivity contribution in [2.45, 2.75) is 44.8 Å². The predicted octanol–water partition coefficient (Wildman–Crippen LogP) is 2.47. The summed E-state index contributed by atoms with van der Waals surface area (Å²) in [6, 6.07) is 1.85. The summed E-state index contributed by atoms with van der Waals surface area (Å²) < 4.78 is 11.0. The van der Waals surface area contributed by atoms with Gasteiger partial charge in [0.15, 0.2) is 0 Å². The molecule has 1 N–H and O–H groups in total. The summed E-state index contributed by atoms with van der Waals surface area (Å²) in [7, 11) is 0. The molecule has 1 aromatic heterocycles. The van der Waals surface area contributed by atoms with Crippen LogP contribution in [-0.2, 0) is 4.74 Å². The Balaban J connectivity index is 1.94. The number of ether oxygens (including phenoxy) is 2. The summed E-state index contributed by atoms with van der Waals surface area (Å²) in [6.45, 7) is 3.35. The number of aliphatic hydroxyl groups excluding tert-OH is 1. The molecule has 0 radical (unpaired) electrons. The van der Waals surface area contributed by atoms with Gasteiger partial charge in [0.1, 0.15) is 5.75 Å². The Hall–Kier alpha value is -1.13. The van der Waals surface area contributed by atoms with Crippen molar-refractivity contribution in [3.63, 3.8) is 0 Å². The zero-order chi connectivity index (χ0) is 12.8. The molecule has 0 spiro atoms. The van der Waals surface area contributed by atoms with E-state index in [2.05, 4.69) is 4.98 Å². The minimum Gasteiger partial charge on any atom is -0.492 e. The van der Waals surface area contributed by atoms with Gasteiger partial charge >= 0.3 is 0 Å². The minimum absolute atomic E-state index is 0.171. The van der Waals surface area contributed by atoms with E-state index in [1.165, 1.54) is 6.42 Å². The van der Waals surface area contributed by atoms with Crippen LogP contribution in [0.1, 0.15) is 44.3 Å². The highest BCUT2D eigenvalue weighted by atomic mass is 16.5. The van der Waals surface area contributed by atoms with Gasteiger partial charge < -0.3 is 14.6 Å². The summed E-state index contributed by atoms with van der Waals surface area (Å²) in [4.78, 5) is 4.09. The molecule has 2 heterocycles. The second-order valence-electron chi connectivity index (χ2n) is 4.63. The Kier molecular flexibility index (Phi) is 4.96. The second-order valence-corrected chi connectivity index (χ2v) is 4.63. The lowest BCUT2D eigenvalue weighted by molar-refractivity contribution is -0.0156. The molecule has 1 aromatic rings. The van der Waals surface area contributed by atoms with Crippen molar-refractivity contribution in [3.05, 3.63) is 24.0 Å². The van der Waals surface area contributed by atoms with Gasteiger partial charge in [0.05, 0.1) is 25.0 Å². The van der Waals surface area contributed by atoms with E-state index in [9.17, 15) is 5.11 Å². The van der Waals surface area contributed by atoms with Gasteiger partial charge in [-0.05, 0) is 32.3 Å². The van der Waals surface area contributed by atoms with Crippen LogP contribution in [0.15, 0.2) is 18.5 Å². The van der Waals surface area contributed by atoms with E-state index < -0.39 is 6.10 Å². The first kappa shape index (κ1) is 13.3. The normalized spacial score (nSPS) is 21.6. The van der Waals surface area contributed by atoms with Crippen molar-refractivity contribution < 1.29 is 14.6 Å². The number of hydrogen-bond acceptors (Lipinski definition) is 4. The van der Waals surface area contributed by atoms with E-state index in [0.29, 0.717) is 18.8 Å². The van der Waals surface area contributed by atoms with Crippen LogP contribution in [-0.4, -0.2) is 29.4 Å². The SMILES string of the molecule is CCOc1cncc(C(O)CC2CCCCO2)c1. The Morgan fingerprint density at radius 1 is 1.50 bits per heavy atom. The molecule has 1 fully saturated rings. The molecule has 4 nitrogen and oxygen atoms in total. The Labute approximate surface area is 108 Å². The average Bonchev–Trinajstić information content (AvgIpc) is 2.40. The summed E-state index contributed by atoms with van der Waals surface area (Å²) in [5.74, 6) is 0.707. The zero-order valence-electron chi connectivity index (χ0n) is 10.8. The van der Waals surface area contributed by atoms with Crippen LogP contribution in [0.4, 0.5) is 0 Å². The number of nitrogens with zero attached hydrogens (tertiary/aromatic N) is 1. The third-order valence-corrected chi connectivity index (χ3v) is 3.19. The van der Waals surface area contributed by atoms with Crippen LogP contribution in [0.2, 0.25) is 0 Å². The van der Waals surface area contributed by atoms with E-state index in [1.54, 1.807) is 12.4 Å². The highest BCUT2D eigenvalue weighted by Gasteiger charge is 2.19. The van der Waals surface area contributed by atoms with Gasteiger partial charge in [0.25, 0.3) is 0 Å². The number of hydrogen-bond donors (Lipinski definition) is 1. The average molecular weight is 251 g/mol. The molecule has 1 aliphatic heterocycles. The van der Waals surface area contributed by atoms with E-state index in [0.717, 1.165) is 25.0 Å². The van der Waals surface area contributed by atoms with E-state index in [-0.39, 0.29) is 6.10 Å². The van der Waals surface area contributed by atoms with Crippen LogP contribution in [0.25, 0.3) is 0 Å². The largest absolute Gasteiger partial charge is 0.492 e. The standard InChI is InChI=1S/C14H21NO3/c1-2-17-13-7-11(9-15-10-13)14(16)8-12-5-3-4-6-18-12/h7,9-10,12,14,16H,2-6,8H2,1H3. The number of pyridine rings is 1. The third-order valence-electron chi connectivity index (χ3n) is 3.19. The van der Waals surface area contributed by atoms with Gasteiger partial charge in [0, 0.05) is 24.8 Å². The molecule has 0 aromatic carbocycles. The lowest BCUT2D eigenvalue weighted by Gasteiger charge is -2.24. The van der Waals surface area contributed by atoms with Crippen molar-refractivity contribution >= 4 is 0 Å². The molecule has 0 saturated carbocycles. The molecular formula is C14H21NO3. The molecule has 0 amide bonds. The molecule has 100 valence electrons. The van der Waals surface area contributed by atoms with Crippen molar-refractivity contribution in [3.8, 4) is 5.75 Å². The highest BCUT2D eigenvalue weighted by Crippen LogP contribution is 2.26. The van der Waals surface area contributed by atoms with Crippen molar-refractivity contribution in [2.24, 2.45) is 0 Å². The van der Waals surface area contributed by atoms with Gasteiger partial charge in [-0.25, -0.2) is 0 Å². The number of aliphatic hydroxyl groups is 1. The molecular weight excluding hydrogens is 230 g/mol. The van der Waals surface area contributed by atoms with Crippen LogP contribution in [0.3, 0.4) is 0 Å². The molecule has 18 heavy (non-hydrogen) atoms. The van der Waals surface area contributed by atoms with Gasteiger partial charge in [-0.3, -0.25) is 4.98 Å². The highest BCUT2D eigenvalue weighted by molar-refractivity contribution is 5.25. The maximum atomic E-state index is 10.2. The lowest BCUT2D eigenvalue weighted by atomic mass is 10.00. The summed E-state index contributed by atoms with van der Waals surface area (Å²) in [5, 5.41) is 10.2. The lowest BCUT2D eigenvalue weighted by Crippen LogP contribution is -2.21. The Morgan fingerprint density at radius 2 is 2.39 bits per heavy atom. The fraction of sp³-hybridized carbons (Fsp3) is 0.643. The van der Waals surface area contributed by atoms with Crippen LogP contribution in [0, 0.1) is 0 Å². The molecule has 2 unspecified atom stereocenters.